The van der Waals surface area contributed by atoms with E-state index < -0.39 is 0 Å². The first-order chi connectivity index (χ1) is 14.5. The molecule has 0 unspecified atom stereocenters. The normalized spacial score (nSPS) is 14.1. The summed E-state index contributed by atoms with van der Waals surface area (Å²) in [5.41, 5.74) is 1.93. The van der Waals surface area contributed by atoms with Gasteiger partial charge in [0.25, 0.3) is 5.91 Å². The van der Waals surface area contributed by atoms with E-state index in [2.05, 4.69) is 27.3 Å². The third-order valence-corrected chi connectivity index (χ3v) is 5.77. The van der Waals surface area contributed by atoms with Crippen molar-refractivity contribution < 1.29 is 9.53 Å². The fraction of sp³-hybridized carbons (Fsp3) is 0.261. The summed E-state index contributed by atoms with van der Waals surface area (Å²) < 4.78 is 6.41. The lowest BCUT2D eigenvalue weighted by molar-refractivity contribution is -0.117. The molecule has 1 aliphatic rings. The minimum atomic E-state index is -0.370. The van der Waals surface area contributed by atoms with Gasteiger partial charge in [0.1, 0.15) is 18.2 Å². The van der Waals surface area contributed by atoms with Gasteiger partial charge in [-0.2, -0.15) is 10.5 Å². The second-order valence-corrected chi connectivity index (χ2v) is 8.26. The molecule has 152 valence electrons. The molecule has 0 spiro atoms. The average molecular weight is 485 g/mol. The molecule has 1 amide bonds. The van der Waals surface area contributed by atoms with E-state index in [0.717, 1.165) is 31.2 Å². The van der Waals surface area contributed by atoms with E-state index >= 15 is 0 Å². The van der Waals surface area contributed by atoms with Gasteiger partial charge in [-0.05, 0) is 58.6 Å². The smallest absolute Gasteiger partial charge is 0.262 e. The van der Waals surface area contributed by atoms with E-state index in [1.807, 2.05) is 18.2 Å². The standard InChI is InChI=1S/C23H19BrClN3O2/c24-20-10-15(9-18(13-27)23(29)28-19-7-3-4-8-19)11-21(25)22(20)30-14-17-6-2-1-5-16(17)12-26/h1-2,5-6,9-11,19H,3-4,7-8,14H2,(H,28,29)/b18-9-. The molecule has 7 heteroatoms. The highest BCUT2D eigenvalue weighted by Crippen LogP contribution is 2.36. The number of hydrogen-bond donors (Lipinski definition) is 1. The summed E-state index contributed by atoms with van der Waals surface area (Å²) in [5, 5.41) is 21.9. The van der Waals surface area contributed by atoms with Crippen LogP contribution in [0.5, 0.6) is 5.75 Å². The van der Waals surface area contributed by atoms with Gasteiger partial charge >= 0.3 is 0 Å². The summed E-state index contributed by atoms with van der Waals surface area (Å²) in [6.07, 6.45) is 5.60. The van der Waals surface area contributed by atoms with Crippen molar-refractivity contribution in [2.45, 2.75) is 38.3 Å². The van der Waals surface area contributed by atoms with Crippen molar-refractivity contribution in [3.8, 4) is 17.9 Å². The van der Waals surface area contributed by atoms with Crippen molar-refractivity contribution in [1.82, 2.24) is 5.32 Å². The summed E-state index contributed by atoms with van der Waals surface area (Å²) in [6.45, 7) is 0.185. The van der Waals surface area contributed by atoms with Crippen LogP contribution in [0.4, 0.5) is 0 Å². The van der Waals surface area contributed by atoms with Crippen LogP contribution in [-0.2, 0) is 11.4 Å². The van der Waals surface area contributed by atoms with Gasteiger partial charge in [-0.15, -0.1) is 0 Å². The number of ether oxygens (including phenoxy) is 1. The van der Waals surface area contributed by atoms with E-state index in [0.29, 0.717) is 26.4 Å². The molecule has 1 fully saturated rings. The number of carbonyl (C=O) groups excluding carboxylic acids is 1. The highest BCUT2D eigenvalue weighted by molar-refractivity contribution is 9.10. The number of hydrogen-bond acceptors (Lipinski definition) is 4. The van der Waals surface area contributed by atoms with Crippen molar-refractivity contribution in [3.63, 3.8) is 0 Å². The van der Waals surface area contributed by atoms with Gasteiger partial charge in [0.15, 0.2) is 5.75 Å². The quantitative estimate of drug-likeness (QED) is 0.432. The molecule has 5 nitrogen and oxygen atoms in total. The van der Waals surface area contributed by atoms with Crippen molar-refractivity contribution in [3.05, 3.63) is 68.2 Å². The summed E-state index contributed by atoms with van der Waals surface area (Å²) in [6, 6.07) is 14.8. The predicted octanol–water partition coefficient (Wildman–Crippen LogP) is 5.52. The molecule has 3 rings (SSSR count). The Labute approximate surface area is 189 Å². The predicted molar refractivity (Wildman–Crippen MR) is 119 cm³/mol. The molecule has 1 aliphatic carbocycles. The van der Waals surface area contributed by atoms with Gasteiger partial charge in [-0.25, -0.2) is 0 Å². The van der Waals surface area contributed by atoms with Crippen LogP contribution in [0.15, 0.2) is 46.4 Å². The number of nitrogens with zero attached hydrogens (tertiary/aromatic N) is 2. The third kappa shape index (κ3) is 5.42. The number of nitriles is 2. The van der Waals surface area contributed by atoms with Crippen LogP contribution in [-0.4, -0.2) is 11.9 Å². The van der Waals surface area contributed by atoms with Gasteiger partial charge < -0.3 is 10.1 Å². The topological polar surface area (TPSA) is 85.9 Å². The summed E-state index contributed by atoms with van der Waals surface area (Å²) in [5.74, 6) is 0.0561. The molecule has 0 saturated heterocycles. The Bertz CT molecular complexity index is 1040. The Hall–Kier alpha value is -2.80. The van der Waals surface area contributed by atoms with Crippen LogP contribution in [0.2, 0.25) is 5.02 Å². The Morgan fingerprint density at radius 3 is 2.67 bits per heavy atom. The van der Waals surface area contributed by atoms with Gasteiger partial charge in [0.2, 0.25) is 0 Å². The first-order valence-electron chi connectivity index (χ1n) is 9.54. The molecule has 2 aromatic carbocycles. The molecule has 0 aromatic heterocycles. The second-order valence-electron chi connectivity index (χ2n) is 7.00. The fourth-order valence-corrected chi connectivity index (χ4v) is 4.34. The summed E-state index contributed by atoms with van der Waals surface area (Å²) >= 11 is 9.83. The van der Waals surface area contributed by atoms with Crippen molar-refractivity contribution >= 4 is 39.5 Å². The summed E-state index contributed by atoms with van der Waals surface area (Å²) in [7, 11) is 0. The van der Waals surface area contributed by atoms with E-state index in [9.17, 15) is 15.3 Å². The number of carbonyl (C=O) groups is 1. The van der Waals surface area contributed by atoms with E-state index in [4.69, 9.17) is 16.3 Å². The molecule has 1 saturated carbocycles. The van der Waals surface area contributed by atoms with Gasteiger partial charge in [0, 0.05) is 11.6 Å². The number of nitrogens with one attached hydrogen (secondary N) is 1. The van der Waals surface area contributed by atoms with E-state index in [-0.39, 0.29) is 24.1 Å². The molecule has 0 atom stereocenters. The highest BCUT2D eigenvalue weighted by Gasteiger charge is 2.19. The molecular formula is C23H19BrClN3O2. The van der Waals surface area contributed by atoms with Gasteiger partial charge in [0.05, 0.1) is 21.1 Å². The number of halogens is 2. The maximum Gasteiger partial charge on any atom is 0.262 e. The molecular weight excluding hydrogens is 466 g/mol. The van der Waals surface area contributed by atoms with Crippen LogP contribution in [0.25, 0.3) is 6.08 Å². The number of rotatable bonds is 6. The number of amides is 1. The first-order valence-corrected chi connectivity index (χ1v) is 10.7. The Balaban J connectivity index is 1.76. The molecule has 30 heavy (non-hydrogen) atoms. The Morgan fingerprint density at radius 1 is 1.27 bits per heavy atom. The Kier molecular flexibility index (Phi) is 7.52. The van der Waals surface area contributed by atoms with Gasteiger partial charge in [-0.3, -0.25) is 4.79 Å². The maximum atomic E-state index is 12.4. The highest BCUT2D eigenvalue weighted by atomic mass is 79.9. The van der Waals surface area contributed by atoms with Crippen LogP contribution in [0.3, 0.4) is 0 Å². The first kappa shape index (κ1) is 21.9. The van der Waals surface area contributed by atoms with Crippen LogP contribution >= 0.6 is 27.5 Å². The molecule has 0 heterocycles. The summed E-state index contributed by atoms with van der Waals surface area (Å²) in [4.78, 5) is 12.4. The molecule has 0 radical (unpaired) electrons. The minimum absolute atomic E-state index is 0.0292. The zero-order valence-electron chi connectivity index (χ0n) is 16.1. The lowest BCUT2D eigenvalue weighted by Crippen LogP contribution is -2.33. The molecule has 0 bridgehead atoms. The zero-order valence-corrected chi connectivity index (χ0v) is 18.5. The maximum absolute atomic E-state index is 12.4. The second kappa shape index (κ2) is 10.3. The molecule has 1 N–H and O–H groups in total. The average Bonchev–Trinajstić information content (AvgIpc) is 3.24. The molecule has 2 aromatic rings. The molecule has 0 aliphatic heterocycles. The largest absolute Gasteiger partial charge is 0.486 e. The van der Waals surface area contributed by atoms with Crippen LogP contribution in [0.1, 0.15) is 42.4 Å². The van der Waals surface area contributed by atoms with Crippen molar-refractivity contribution in [2.24, 2.45) is 0 Å². The lowest BCUT2D eigenvalue weighted by Gasteiger charge is -2.13. The Morgan fingerprint density at radius 2 is 2.00 bits per heavy atom. The zero-order chi connectivity index (χ0) is 21.5. The minimum Gasteiger partial charge on any atom is -0.486 e. The van der Waals surface area contributed by atoms with Gasteiger partial charge in [-0.1, -0.05) is 42.6 Å². The van der Waals surface area contributed by atoms with Crippen molar-refractivity contribution in [2.75, 3.05) is 0 Å². The van der Waals surface area contributed by atoms with Crippen LogP contribution < -0.4 is 10.1 Å². The van der Waals surface area contributed by atoms with E-state index in [1.54, 1.807) is 24.3 Å². The lowest BCUT2D eigenvalue weighted by atomic mass is 10.1. The monoisotopic (exact) mass is 483 g/mol. The van der Waals surface area contributed by atoms with Crippen LogP contribution in [0, 0.1) is 22.7 Å². The third-order valence-electron chi connectivity index (χ3n) is 4.90. The SMILES string of the molecule is N#C/C(=C/c1cc(Cl)c(OCc2ccccc2C#N)c(Br)c1)C(=O)NC1CCCC1. The van der Waals surface area contributed by atoms with Crippen molar-refractivity contribution in [1.29, 1.82) is 10.5 Å². The van der Waals surface area contributed by atoms with E-state index in [1.165, 1.54) is 6.08 Å². The fourth-order valence-electron chi connectivity index (χ4n) is 3.35. The number of benzene rings is 2.